The molecule has 0 unspecified atom stereocenters. The van der Waals surface area contributed by atoms with Gasteiger partial charge in [-0.15, -0.1) is 0 Å². The second kappa shape index (κ2) is 8.11. The fourth-order valence-corrected chi connectivity index (χ4v) is 3.98. The van der Waals surface area contributed by atoms with Crippen LogP contribution in [0.3, 0.4) is 0 Å². The van der Waals surface area contributed by atoms with Gasteiger partial charge in [0.2, 0.25) is 15.8 Å². The number of carbonyl (C=O) groups excluding carboxylic acids is 2. The van der Waals surface area contributed by atoms with E-state index in [-0.39, 0.29) is 17.9 Å². The molecule has 1 fully saturated rings. The second-order valence-electron chi connectivity index (χ2n) is 6.87. The van der Waals surface area contributed by atoms with Crippen LogP contribution in [0, 0.1) is 0 Å². The summed E-state index contributed by atoms with van der Waals surface area (Å²) in [6, 6.07) is 6.00. The van der Waals surface area contributed by atoms with Gasteiger partial charge in [-0.1, -0.05) is 0 Å². The highest BCUT2D eigenvalue weighted by atomic mass is 32.2. The summed E-state index contributed by atoms with van der Waals surface area (Å²) in [4.78, 5) is 30.5. The number of anilines is 1. The Labute approximate surface area is 163 Å². The van der Waals surface area contributed by atoms with Gasteiger partial charge in [-0.05, 0) is 37.1 Å². The summed E-state index contributed by atoms with van der Waals surface area (Å²) in [6.07, 6.45) is 5.79. The van der Waals surface area contributed by atoms with Gasteiger partial charge in [0, 0.05) is 49.8 Å². The number of nitrogens with one attached hydrogen (secondary N) is 2. The molecule has 2 aromatic rings. The predicted molar refractivity (Wildman–Crippen MR) is 105 cm³/mol. The third-order valence-electron chi connectivity index (χ3n) is 4.51. The minimum Gasteiger partial charge on any atom is -0.331 e. The summed E-state index contributed by atoms with van der Waals surface area (Å²) < 4.78 is 27.0. The number of piperidine rings is 1. The van der Waals surface area contributed by atoms with Gasteiger partial charge in [-0.3, -0.25) is 4.79 Å². The van der Waals surface area contributed by atoms with Crippen LogP contribution in [-0.2, 0) is 17.1 Å². The molecule has 2 heterocycles. The number of imidazole rings is 1. The zero-order chi connectivity index (χ0) is 20.3. The number of aromatic nitrogens is 2. The van der Waals surface area contributed by atoms with E-state index in [9.17, 15) is 18.0 Å². The molecule has 1 atom stereocenters. The molecule has 1 aromatic carbocycles. The Balaban J connectivity index is 1.61. The molecule has 2 N–H and O–H groups in total. The Morgan fingerprint density at radius 1 is 1.21 bits per heavy atom. The third kappa shape index (κ3) is 4.96. The number of nitrogens with zero attached hydrogens (tertiary/aromatic N) is 3. The Morgan fingerprint density at radius 2 is 1.93 bits per heavy atom. The average Bonchev–Trinajstić information content (AvgIpc) is 3.06. The highest BCUT2D eigenvalue weighted by Gasteiger charge is 2.25. The van der Waals surface area contributed by atoms with E-state index in [0.717, 1.165) is 12.7 Å². The molecule has 10 heteroatoms. The van der Waals surface area contributed by atoms with E-state index in [2.05, 4.69) is 15.0 Å². The topological polar surface area (TPSA) is 113 Å². The molecule has 150 valence electrons. The summed E-state index contributed by atoms with van der Waals surface area (Å²) in [6.45, 7) is 0.873. The van der Waals surface area contributed by atoms with Crippen LogP contribution < -0.4 is 10.0 Å². The molecule has 9 nitrogen and oxygen atoms in total. The molecule has 0 spiro atoms. The molecule has 1 aliphatic heterocycles. The molecule has 2 amide bonds. The second-order valence-corrected chi connectivity index (χ2v) is 8.65. The summed E-state index contributed by atoms with van der Waals surface area (Å²) in [5.41, 5.74) is 1.03. The SMILES string of the molecule is Cn1ccnc1C(=O)c1ccc(NC(=O)N2CCC[C@@H](NS(C)(=O)=O)C2)cc1. The number of aryl methyl sites for hydroxylation is 1. The van der Waals surface area contributed by atoms with Crippen LogP contribution in [0.5, 0.6) is 0 Å². The van der Waals surface area contributed by atoms with E-state index in [4.69, 9.17) is 0 Å². The molecule has 28 heavy (non-hydrogen) atoms. The lowest BCUT2D eigenvalue weighted by molar-refractivity contribution is 0.102. The van der Waals surface area contributed by atoms with Crippen LogP contribution in [0.15, 0.2) is 36.7 Å². The zero-order valence-electron chi connectivity index (χ0n) is 15.8. The molecule has 1 aliphatic rings. The number of benzene rings is 1. The normalized spacial score (nSPS) is 17.4. The third-order valence-corrected chi connectivity index (χ3v) is 5.27. The van der Waals surface area contributed by atoms with Crippen molar-refractivity contribution in [3.8, 4) is 0 Å². The summed E-state index contributed by atoms with van der Waals surface area (Å²) in [5, 5.41) is 2.78. The Morgan fingerprint density at radius 3 is 2.54 bits per heavy atom. The number of amides is 2. The minimum absolute atomic E-state index is 0.198. The molecule has 3 rings (SSSR count). The van der Waals surface area contributed by atoms with Crippen molar-refractivity contribution in [2.75, 3.05) is 24.7 Å². The van der Waals surface area contributed by atoms with E-state index >= 15 is 0 Å². The van der Waals surface area contributed by atoms with E-state index in [0.29, 0.717) is 36.6 Å². The number of likely N-dealkylation sites (tertiary alicyclic amines) is 1. The van der Waals surface area contributed by atoms with Crippen molar-refractivity contribution in [1.82, 2.24) is 19.2 Å². The van der Waals surface area contributed by atoms with Crippen LogP contribution in [0.25, 0.3) is 0 Å². The van der Waals surface area contributed by atoms with Crippen LogP contribution in [0.2, 0.25) is 0 Å². The number of rotatable bonds is 5. The lowest BCUT2D eigenvalue weighted by Gasteiger charge is -2.32. The van der Waals surface area contributed by atoms with Gasteiger partial charge in [0.05, 0.1) is 6.26 Å². The maximum atomic E-state index is 12.5. The predicted octanol–water partition coefficient (Wildman–Crippen LogP) is 1.20. The highest BCUT2D eigenvalue weighted by molar-refractivity contribution is 7.88. The van der Waals surface area contributed by atoms with Gasteiger partial charge in [-0.2, -0.15) is 0 Å². The number of hydrogen-bond acceptors (Lipinski definition) is 5. The largest absolute Gasteiger partial charge is 0.331 e. The number of sulfonamides is 1. The van der Waals surface area contributed by atoms with Gasteiger partial charge in [0.25, 0.3) is 0 Å². The summed E-state index contributed by atoms with van der Waals surface area (Å²) in [5.74, 6) is 0.144. The lowest BCUT2D eigenvalue weighted by atomic mass is 10.1. The first-order valence-corrected chi connectivity index (χ1v) is 10.8. The molecular weight excluding hydrogens is 382 g/mol. The maximum absolute atomic E-state index is 12.5. The van der Waals surface area contributed by atoms with Crippen molar-refractivity contribution >= 4 is 27.5 Å². The molecular formula is C18H23N5O4S. The van der Waals surface area contributed by atoms with Crippen molar-refractivity contribution < 1.29 is 18.0 Å². The maximum Gasteiger partial charge on any atom is 0.321 e. The Kier molecular flexibility index (Phi) is 5.80. The molecule has 0 saturated carbocycles. The molecule has 0 bridgehead atoms. The summed E-state index contributed by atoms with van der Waals surface area (Å²) in [7, 11) is -1.56. The first-order chi connectivity index (χ1) is 13.2. The van der Waals surface area contributed by atoms with Gasteiger partial charge in [-0.25, -0.2) is 22.9 Å². The van der Waals surface area contributed by atoms with Crippen molar-refractivity contribution in [2.24, 2.45) is 7.05 Å². The van der Waals surface area contributed by atoms with Crippen molar-refractivity contribution in [3.05, 3.63) is 48.0 Å². The number of ketones is 1. The standard InChI is InChI=1S/C18H23N5O4S/c1-22-11-9-19-17(22)16(24)13-5-7-14(8-6-13)20-18(25)23-10-3-4-15(12-23)21-28(2,26)27/h5-9,11,15,21H,3-4,10,12H2,1-2H3,(H,20,25)/t15-/m1/s1. The average molecular weight is 405 g/mol. The summed E-state index contributed by atoms with van der Waals surface area (Å²) >= 11 is 0. The van der Waals surface area contributed by atoms with Crippen molar-refractivity contribution in [2.45, 2.75) is 18.9 Å². The van der Waals surface area contributed by atoms with Crippen molar-refractivity contribution in [1.29, 1.82) is 0 Å². The smallest absolute Gasteiger partial charge is 0.321 e. The Hall–Kier alpha value is -2.72. The lowest BCUT2D eigenvalue weighted by Crippen LogP contribution is -2.50. The van der Waals surface area contributed by atoms with E-state index in [1.165, 1.54) is 0 Å². The van der Waals surface area contributed by atoms with Gasteiger partial charge < -0.3 is 14.8 Å². The Bertz CT molecular complexity index is 968. The fourth-order valence-electron chi connectivity index (χ4n) is 3.18. The van der Waals surface area contributed by atoms with Gasteiger partial charge >= 0.3 is 6.03 Å². The molecule has 0 aliphatic carbocycles. The quantitative estimate of drug-likeness (QED) is 0.726. The molecule has 1 saturated heterocycles. The minimum atomic E-state index is -3.31. The highest BCUT2D eigenvalue weighted by Crippen LogP contribution is 2.16. The van der Waals surface area contributed by atoms with Gasteiger partial charge in [0.1, 0.15) is 0 Å². The first kappa shape index (κ1) is 20.0. The van der Waals surface area contributed by atoms with E-state index in [1.807, 2.05) is 0 Å². The van der Waals surface area contributed by atoms with Gasteiger partial charge in [0.15, 0.2) is 5.82 Å². The molecule has 1 aromatic heterocycles. The monoisotopic (exact) mass is 405 g/mol. The van der Waals surface area contributed by atoms with Crippen LogP contribution in [-0.4, -0.2) is 60.1 Å². The van der Waals surface area contributed by atoms with E-state index < -0.39 is 10.0 Å². The number of urea groups is 1. The zero-order valence-corrected chi connectivity index (χ0v) is 16.6. The fraction of sp³-hybridized carbons (Fsp3) is 0.389. The van der Waals surface area contributed by atoms with Crippen LogP contribution in [0.4, 0.5) is 10.5 Å². The van der Waals surface area contributed by atoms with E-state index in [1.54, 1.807) is 53.2 Å². The van der Waals surface area contributed by atoms with Crippen LogP contribution in [0.1, 0.15) is 29.0 Å². The first-order valence-electron chi connectivity index (χ1n) is 8.88. The number of carbonyl (C=O) groups is 2. The van der Waals surface area contributed by atoms with Crippen molar-refractivity contribution in [3.63, 3.8) is 0 Å². The molecule has 0 radical (unpaired) electrons. The number of hydrogen-bond donors (Lipinski definition) is 2. The van der Waals surface area contributed by atoms with Crippen LogP contribution >= 0.6 is 0 Å².